The van der Waals surface area contributed by atoms with E-state index in [9.17, 15) is 6.85 Å². The Hall–Kier alpha value is -4.62. The molecule has 6 aromatic rings. The Bertz CT molecular complexity index is 2880. The van der Waals surface area contributed by atoms with Crippen LogP contribution < -0.4 is 4.90 Å². The second-order valence-corrected chi connectivity index (χ2v) is 11.4. The third kappa shape index (κ3) is 3.29. The lowest BCUT2D eigenvalue weighted by Crippen LogP contribution is -2.24. The smallest absolute Gasteiger partial charge is 0.0648 e. The van der Waals surface area contributed by atoms with Crippen LogP contribution in [-0.4, -0.2) is 0 Å². The Morgan fingerprint density at radius 2 is 1.32 bits per heavy atom. The van der Waals surface area contributed by atoms with E-state index in [2.05, 4.69) is 0 Å². The SMILES string of the molecule is [2H]c1cc([2H])c(N(c2c([2H])c([2H])c3c(c2[2H])C(C)(C)c2c([2H])cc([2H])c([2H])c2-3)c2c([2H])cc3c([2H])c([2H])cc4c3c2-c2cc([2H])c([2H])c([2H])c2C4(C)C)c([2H])c1[2H]. The molecule has 8 rings (SSSR count). The van der Waals surface area contributed by atoms with E-state index in [1.54, 1.807) is 27.7 Å². The van der Waals surface area contributed by atoms with E-state index in [4.69, 9.17) is 15.1 Å². The summed E-state index contributed by atoms with van der Waals surface area (Å²) in [6.07, 6.45) is 0. The monoisotopic (exact) mass is 543 g/mol. The van der Waals surface area contributed by atoms with Crippen molar-refractivity contribution in [1.82, 2.24) is 0 Å². The van der Waals surface area contributed by atoms with Gasteiger partial charge in [-0.15, -0.1) is 0 Å². The van der Waals surface area contributed by atoms with E-state index >= 15 is 0 Å². The second kappa shape index (κ2) is 8.44. The van der Waals surface area contributed by atoms with Gasteiger partial charge in [0.2, 0.25) is 0 Å². The van der Waals surface area contributed by atoms with Crippen molar-refractivity contribution in [2.24, 2.45) is 0 Å². The fourth-order valence-electron chi connectivity index (χ4n) is 6.33. The van der Waals surface area contributed by atoms with Crippen molar-refractivity contribution in [1.29, 1.82) is 0 Å². The van der Waals surface area contributed by atoms with Crippen LogP contribution in [0.5, 0.6) is 0 Å². The van der Waals surface area contributed by atoms with Gasteiger partial charge in [0, 0.05) is 27.8 Å². The number of hydrogen-bond donors (Lipinski definition) is 0. The van der Waals surface area contributed by atoms with Crippen molar-refractivity contribution in [2.75, 3.05) is 4.90 Å². The molecule has 0 aliphatic heterocycles. The summed E-state index contributed by atoms with van der Waals surface area (Å²) in [5.74, 6) is 0. The van der Waals surface area contributed by atoms with E-state index in [-0.39, 0.29) is 98.4 Å². The van der Waals surface area contributed by atoms with Crippen LogP contribution >= 0.6 is 0 Å². The Morgan fingerprint density at radius 3 is 2.22 bits per heavy atom. The maximum absolute atomic E-state index is 9.92. The summed E-state index contributed by atoms with van der Waals surface area (Å²) in [5, 5.41) is 0.481. The third-order valence-electron chi connectivity index (χ3n) is 8.36. The molecule has 0 radical (unpaired) electrons. The van der Waals surface area contributed by atoms with Crippen molar-refractivity contribution in [2.45, 2.75) is 38.5 Å². The molecule has 0 N–H and O–H groups in total. The molecule has 0 bridgehead atoms. The molecular formula is C40H33N. The predicted octanol–water partition coefficient (Wildman–Crippen LogP) is 10.9. The molecule has 0 aromatic heterocycles. The van der Waals surface area contributed by atoms with Gasteiger partial charge in [0.05, 0.1) is 27.6 Å². The molecule has 2 aliphatic rings. The molecular weight excluding hydrogens is 494 g/mol. The third-order valence-corrected chi connectivity index (χ3v) is 8.36. The van der Waals surface area contributed by atoms with Gasteiger partial charge in [0.15, 0.2) is 0 Å². The lowest BCUT2D eigenvalue weighted by atomic mass is 9.68. The van der Waals surface area contributed by atoms with Crippen LogP contribution in [0.15, 0.2) is 127 Å². The molecule has 0 atom stereocenters. The Labute approximate surface area is 265 Å². The van der Waals surface area contributed by atoms with Gasteiger partial charge in [-0.2, -0.15) is 0 Å². The molecule has 0 saturated heterocycles. The summed E-state index contributed by atoms with van der Waals surface area (Å²) in [7, 11) is 0. The lowest BCUT2D eigenvalue weighted by molar-refractivity contribution is 0.645. The maximum Gasteiger partial charge on any atom is 0.0648 e. The van der Waals surface area contributed by atoms with Crippen molar-refractivity contribution in [3.63, 3.8) is 0 Å². The normalized spacial score (nSPS) is 20.7. The molecule has 1 nitrogen and oxygen atoms in total. The number of benzene rings is 6. The van der Waals surface area contributed by atoms with Gasteiger partial charge >= 0.3 is 0 Å². The van der Waals surface area contributed by atoms with Crippen LogP contribution in [0, 0.1) is 0 Å². The summed E-state index contributed by atoms with van der Waals surface area (Å²) in [6.45, 7) is 6.94. The van der Waals surface area contributed by atoms with Crippen LogP contribution in [0.25, 0.3) is 33.0 Å². The highest BCUT2D eigenvalue weighted by atomic mass is 15.1. The van der Waals surface area contributed by atoms with Gasteiger partial charge < -0.3 is 4.90 Å². The van der Waals surface area contributed by atoms with E-state index < -0.39 is 70.5 Å². The molecule has 0 amide bonds. The first kappa shape index (κ1) is 12.9. The summed E-state index contributed by atoms with van der Waals surface area (Å²) in [5.41, 5.74) is -1.95. The molecule has 0 fully saturated rings. The first-order valence-corrected chi connectivity index (χ1v) is 13.3. The van der Waals surface area contributed by atoms with Gasteiger partial charge in [0.25, 0.3) is 0 Å². The van der Waals surface area contributed by atoms with Gasteiger partial charge in [-0.05, 0) is 79.9 Å². The Balaban J connectivity index is 1.64. The average Bonchev–Trinajstić information content (AvgIpc) is 3.38. The molecule has 198 valence electrons. The number of nitrogens with zero attached hydrogens (tertiary/aromatic N) is 1. The van der Waals surface area contributed by atoms with Crippen molar-refractivity contribution in [3.8, 4) is 22.3 Å². The van der Waals surface area contributed by atoms with E-state index in [1.165, 1.54) is 24.3 Å². The number of hydrogen-bond acceptors (Lipinski definition) is 1. The number of para-hydroxylation sites is 1. The molecule has 0 spiro atoms. The average molecular weight is 544 g/mol. The zero-order valence-electron chi connectivity index (χ0n) is 38.8. The fraction of sp³-hybridized carbons (Fsp3) is 0.150. The molecule has 0 heterocycles. The highest BCUT2D eigenvalue weighted by Crippen LogP contribution is 2.55. The minimum Gasteiger partial charge on any atom is -0.310 e. The van der Waals surface area contributed by atoms with Gasteiger partial charge in [-0.25, -0.2) is 0 Å². The quantitative estimate of drug-likeness (QED) is 0.214. The number of anilines is 3. The minimum atomic E-state index is -1.26. The van der Waals surface area contributed by atoms with Crippen LogP contribution in [0.1, 0.15) is 71.9 Å². The minimum absolute atomic E-state index is 0.00371. The maximum atomic E-state index is 9.92. The zero-order chi connectivity index (χ0) is 41.9. The summed E-state index contributed by atoms with van der Waals surface area (Å²) >= 11 is 0. The molecule has 0 unspecified atom stereocenters. The topological polar surface area (TPSA) is 3.24 Å². The zero-order valence-corrected chi connectivity index (χ0v) is 22.8. The van der Waals surface area contributed by atoms with Crippen LogP contribution in [0.2, 0.25) is 0 Å². The Morgan fingerprint density at radius 1 is 0.537 bits per heavy atom. The highest BCUT2D eigenvalue weighted by Gasteiger charge is 2.37. The molecule has 6 aromatic carbocycles. The highest BCUT2D eigenvalue weighted by molar-refractivity contribution is 6.10. The second-order valence-electron chi connectivity index (χ2n) is 11.4. The summed E-state index contributed by atoms with van der Waals surface area (Å²) in [6, 6.07) is 0.0758. The molecule has 0 saturated carbocycles. The predicted molar refractivity (Wildman–Crippen MR) is 174 cm³/mol. The van der Waals surface area contributed by atoms with Gasteiger partial charge in [-0.3, -0.25) is 0 Å². The van der Waals surface area contributed by atoms with Crippen molar-refractivity contribution in [3.05, 3.63) is 149 Å². The lowest BCUT2D eigenvalue weighted by Gasteiger charge is -2.38. The standard InChI is InChI=1S/C40H33N/c1-39(2)33-19-11-9-17-31(33)38-36(24-21-26-13-12-20-34(39)37(26)38)41(27-14-6-5-7-15-27)28-22-23-30-29-16-8-10-18-32(29)40(3,4)35(30)25-28/h5-25H,1-4H3/i5D,6D,8D,9D,11D,12D,13D,14D,15D,16D,18D,19D,22D,23D,24D,25D. The molecule has 2 aliphatic carbocycles. The number of fused-ring (bicyclic) bond motifs is 5. The largest absolute Gasteiger partial charge is 0.310 e. The molecule has 1 heteroatoms. The van der Waals surface area contributed by atoms with E-state index in [0.717, 1.165) is 11.0 Å². The first-order valence-electron chi connectivity index (χ1n) is 21.3. The Kier molecular flexibility index (Phi) is 2.66. The van der Waals surface area contributed by atoms with E-state index in [1.807, 2.05) is 0 Å². The van der Waals surface area contributed by atoms with Crippen LogP contribution in [-0.2, 0) is 10.8 Å². The van der Waals surface area contributed by atoms with Crippen LogP contribution in [0.4, 0.5) is 17.1 Å². The molecule has 41 heavy (non-hydrogen) atoms. The van der Waals surface area contributed by atoms with Crippen molar-refractivity contribution >= 4 is 27.8 Å². The fourth-order valence-corrected chi connectivity index (χ4v) is 6.33. The summed E-state index contributed by atoms with van der Waals surface area (Å²) in [4.78, 5) is 1.10. The van der Waals surface area contributed by atoms with Gasteiger partial charge in [-0.1, -0.05) is 124 Å². The number of rotatable bonds is 3. The van der Waals surface area contributed by atoms with Gasteiger partial charge in [0.1, 0.15) is 0 Å². The van der Waals surface area contributed by atoms with E-state index in [0.29, 0.717) is 10.9 Å². The van der Waals surface area contributed by atoms with Crippen molar-refractivity contribution < 1.29 is 21.9 Å². The van der Waals surface area contributed by atoms with Crippen LogP contribution in [0.3, 0.4) is 0 Å². The first-order chi connectivity index (χ1) is 26.5. The summed E-state index contributed by atoms with van der Waals surface area (Å²) < 4.78 is 144.